The van der Waals surface area contributed by atoms with E-state index in [4.69, 9.17) is 4.74 Å². The van der Waals surface area contributed by atoms with Crippen molar-refractivity contribution in [3.63, 3.8) is 0 Å². The van der Waals surface area contributed by atoms with E-state index in [1.165, 1.54) is 28.8 Å². The second-order valence-electron chi connectivity index (χ2n) is 6.10. The van der Waals surface area contributed by atoms with Gasteiger partial charge in [0.25, 0.3) is 11.5 Å². The van der Waals surface area contributed by atoms with Crippen molar-refractivity contribution in [2.45, 2.75) is 0 Å². The summed E-state index contributed by atoms with van der Waals surface area (Å²) in [6.45, 7) is 0. The maximum Gasteiger partial charge on any atom is 0.256 e. The minimum absolute atomic E-state index is 0.260. The van der Waals surface area contributed by atoms with E-state index in [0.29, 0.717) is 33.6 Å². The molecule has 0 aliphatic rings. The lowest BCUT2D eigenvalue weighted by Crippen LogP contribution is -2.21. The van der Waals surface area contributed by atoms with Crippen molar-refractivity contribution in [2.75, 3.05) is 12.4 Å². The van der Waals surface area contributed by atoms with E-state index in [1.807, 2.05) is 18.2 Å². The summed E-state index contributed by atoms with van der Waals surface area (Å²) in [4.78, 5) is 25.2. The Labute approximate surface area is 159 Å². The zero-order valence-electron chi connectivity index (χ0n) is 15.2. The third-order valence-corrected chi connectivity index (χ3v) is 4.40. The molecule has 2 heterocycles. The fourth-order valence-electron chi connectivity index (χ4n) is 2.98. The number of benzene rings is 2. The first-order valence-electron chi connectivity index (χ1n) is 8.39. The Morgan fingerprint density at radius 1 is 1.14 bits per heavy atom. The van der Waals surface area contributed by atoms with E-state index < -0.39 is 5.91 Å². The van der Waals surface area contributed by atoms with Crippen LogP contribution in [0.2, 0.25) is 0 Å². The van der Waals surface area contributed by atoms with E-state index in [9.17, 15) is 9.59 Å². The molecule has 0 saturated carbocycles. The Kier molecular flexibility index (Phi) is 4.32. The molecule has 28 heavy (non-hydrogen) atoms. The van der Waals surface area contributed by atoms with Gasteiger partial charge in [0.2, 0.25) is 0 Å². The predicted octanol–water partition coefficient (Wildman–Crippen LogP) is 1.78. The zero-order valence-corrected chi connectivity index (χ0v) is 15.2. The van der Waals surface area contributed by atoms with Crippen LogP contribution in [0.25, 0.3) is 16.6 Å². The highest BCUT2D eigenvalue weighted by Gasteiger charge is 2.15. The van der Waals surface area contributed by atoms with Gasteiger partial charge in [0.1, 0.15) is 12.1 Å². The van der Waals surface area contributed by atoms with E-state index >= 15 is 0 Å². The summed E-state index contributed by atoms with van der Waals surface area (Å²) in [5, 5.41) is 14.6. The number of para-hydroxylation sites is 1. The van der Waals surface area contributed by atoms with Gasteiger partial charge in [-0.3, -0.25) is 9.59 Å². The van der Waals surface area contributed by atoms with Gasteiger partial charge in [-0.1, -0.05) is 18.2 Å². The molecule has 1 amide bonds. The van der Waals surface area contributed by atoms with Crippen molar-refractivity contribution >= 4 is 22.5 Å². The maximum absolute atomic E-state index is 12.9. The number of hydrogen-bond acceptors (Lipinski definition) is 6. The number of nitrogens with one attached hydrogen (secondary N) is 1. The van der Waals surface area contributed by atoms with Crippen molar-refractivity contribution in [1.29, 1.82) is 0 Å². The molecule has 0 bridgehead atoms. The largest absolute Gasteiger partial charge is 0.497 e. The number of pyridine rings is 1. The second-order valence-corrected chi connectivity index (χ2v) is 6.10. The molecule has 1 N–H and O–H groups in total. The molecule has 0 aliphatic heterocycles. The van der Waals surface area contributed by atoms with Gasteiger partial charge in [-0.2, -0.15) is 0 Å². The number of methoxy groups -OCH3 is 1. The van der Waals surface area contributed by atoms with Gasteiger partial charge in [0.05, 0.1) is 23.9 Å². The SMILES string of the molecule is COc1cc(NC(=O)c2cc(=O)n(C)c3ccccc23)cc(-n2cnnn2)c1. The first-order chi connectivity index (χ1) is 13.6. The number of tetrazole rings is 1. The fraction of sp³-hybridized carbons (Fsp3) is 0.105. The quantitative estimate of drug-likeness (QED) is 0.582. The molecule has 9 heteroatoms. The number of hydrogen-bond donors (Lipinski definition) is 1. The summed E-state index contributed by atoms with van der Waals surface area (Å²) in [5.74, 6) is 0.127. The second kappa shape index (κ2) is 6.95. The van der Waals surface area contributed by atoms with Crippen molar-refractivity contribution < 1.29 is 9.53 Å². The molecule has 4 aromatic rings. The van der Waals surface area contributed by atoms with Crippen molar-refractivity contribution in [3.8, 4) is 11.4 Å². The van der Waals surface area contributed by atoms with Crippen LogP contribution in [-0.2, 0) is 7.05 Å². The van der Waals surface area contributed by atoms with Gasteiger partial charge in [0.15, 0.2) is 0 Å². The molecule has 2 aromatic carbocycles. The lowest BCUT2D eigenvalue weighted by molar-refractivity contribution is 0.102. The number of nitrogens with zero attached hydrogens (tertiary/aromatic N) is 5. The molecule has 0 atom stereocenters. The van der Waals surface area contributed by atoms with Gasteiger partial charge >= 0.3 is 0 Å². The predicted molar refractivity (Wildman–Crippen MR) is 103 cm³/mol. The molecule has 0 unspecified atom stereocenters. The molecule has 0 fully saturated rings. The molecule has 4 rings (SSSR count). The molecule has 0 aliphatic carbocycles. The van der Waals surface area contributed by atoms with Crippen LogP contribution in [0.5, 0.6) is 5.75 Å². The first-order valence-corrected chi connectivity index (χ1v) is 8.39. The Morgan fingerprint density at radius 2 is 1.96 bits per heavy atom. The number of amides is 1. The summed E-state index contributed by atoms with van der Waals surface area (Å²) in [7, 11) is 3.20. The minimum Gasteiger partial charge on any atom is -0.497 e. The summed E-state index contributed by atoms with van der Waals surface area (Å²) >= 11 is 0. The molecular weight excluding hydrogens is 360 g/mol. The minimum atomic E-state index is -0.398. The Hall–Kier alpha value is -4.01. The maximum atomic E-state index is 12.9. The molecule has 0 spiro atoms. The van der Waals surface area contributed by atoms with Gasteiger partial charge in [0, 0.05) is 36.3 Å². The molecule has 0 saturated heterocycles. The topological polar surface area (TPSA) is 104 Å². The number of carbonyl (C=O) groups is 1. The lowest BCUT2D eigenvalue weighted by atomic mass is 10.1. The summed E-state index contributed by atoms with van der Waals surface area (Å²) in [6, 6.07) is 13.7. The number of aromatic nitrogens is 5. The van der Waals surface area contributed by atoms with Crippen LogP contribution in [-0.4, -0.2) is 37.8 Å². The molecular formula is C19H16N6O3. The zero-order chi connectivity index (χ0) is 19.7. The van der Waals surface area contributed by atoms with Crippen LogP contribution in [0.1, 0.15) is 10.4 Å². The number of carbonyl (C=O) groups excluding carboxylic acids is 1. The summed E-state index contributed by atoms with van der Waals surface area (Å²) in [6.07, 6.45) is 1.44. The first kappa shape index (κ1) is 17.4. The van der Waals surface area contributed by atoms with Crippen LogP contribution in [0, 0.1) is 0 Å². The highest BCUT2D eigenvalue weighted by Crippen LogP contribution is 2.24. The standard InChI is InChI=1S/C19H16N6O3/c1-24-17-6-4-3-5-15(17)16(10-18(24)26)19(27)21-12-7-13(9-14(8-12)28-2)25-11-20-22-23-25/h3-11H,1-2H3,(H,21,27). The number of rotatable bonds is 4. The highest BCUT2D eigenvalue weighted by molar-refractivity contribution is 6.12. The van der Waals surface area contributed by atoms with Crippen LogP contribution >= 0.6 is 0 Å². The number of aryl methyl sites for hydroxylation is 1. The average molecular weight is 376 g/mol. The normalized spacial score (nSPS) is 10.8. The molecule has 140 valence electrons. The fourth-order valence-corrected chi connectivity index (χ4v) is 2.98. The smallest absolute Gasteiger partial charge is 0.256 e. The van der Waals surface area contributed by atoms with Gasteiger partial charge in [-0.25, -0.2) is 4.68 Å². The number of ether oxygens (including phenoxy) is 1. The van der Waals surface area contributed by atoms with E-state index in [2.05, 4.69) is 20.8 Å². The average Bonchev–Trinajstić information content (AvgIpc) is 3.25. The van der Waals surface area contributed by atoms with Gasteiger partial charge in [-0.05, 0) is 22.6 Å². The van der Waals surface area contributed by atoms with E-state index in [-0.39, 0.29) is 5.56 Å². The Morgan fingerprint density at radius 3 is 2.71 bits per heavy atom. The number of anilines is 1. The van der Waals surface area contributed by atoms with Crippen LogP contribution in [0.3, 0.4) is 0 Å². The third-order valence-electron chi connectivity index (χ3n) is 4.40. The molecule has 9 nitrogen and oxygen atoms in total. The monoisotopic (exact) mass is 376 g/mol. The Balaban J connectivity index is 1.76. The Bertz CT molecular complexity index is 1230. The molecule has 2 aromatic heterocycles. The van der Waals surface area contributed by atoms with Crippen molar-refractivity contribution in [2.24, 2.45) is 7.05 Å². The van der Waals surface area contributed by atoms with Crippen LogP contribution in [0.15, 0.2) is 59.7 Å². The van der Waals surface area contributed by atoms with Crippen LogP contribution in [0.4, 0.5) is 5.69 Å². The van der Waals surface area contributed by atoms with Crippen LogP contribution < -0.4 is 15.6 Å². The number of fused-ring (bicyclic) bond motifs is 1. The molecule has 0 radical (unpaired) electrons. The van der Waals surface area contributed by atoms with E-state index in [1.54, 1.807) is 31.3 Å². The van der Waals surface area contributed by atoms with Crippen molar-refractivity contribution in [3.05, 3.63) is 70.8 Å². The lowest BCUT2D eigenvalue weighted by Gasteiger charge is -2.12. The van der Waals surface area contributed by atoms with Gasteiger partial charge in [-0.15, -0.1) is 5.10 Å². The van der Waals surface area contributed by atoms with Gasteiger partial charge < -0.3 is 14.6 Å². The summed E-state index contributed by atoms with van der Waals surface area (Å²) < 4.78 is 8.26. The van der Waals surface area contributed by atoms with E-state index in [0.717, 1.165) is 0 Å². The highest BCUT2D eigenvalue weighted by atomic mass is 16.5. The third kappa shape index (κ3) is 3.09. The van der Waals surface area contributed by atoms with Crippen molar-refractivity contribution in [1.82, 2.24) is 24.8 Å². The summed E-state index contributed by atoms with van der Waals surface area (Å²) in [5.41, 5.74) is 1.82.